The Morgan fingerprint density at radius 1 is 1.26 bits per heavy atom. The van der Waals surface area contributed by atoms with E-state index in [0.717, 1.165) is 23.6 Å². The zero-order chi connectivity index (χ0) is 27.0. The molecule has 198 valence electrons. The second-order valence-electron chi connectivity index (χ2n) is 9.43. The fourth-order valence-corrected chi connectivity index (χ4v) is 8.66. The van der Waals surface area contributed by atoms with Crippen LogP contribution in [0.3, 0.4) is 0 Å². The van der Waals surface area contributed by atoms with Gasteiger partial charge in [0.15, 0.2) is 0 Å². The first kappa shape index (κ1) is 26.6. The normalized spacial score (nSPS) is 18.7. The van der Waals surface area contributed by atoms with Gasteiger partial charge in [-0.2, -0.15) is 14.8 Å². The van der Waals surface area contributed by atoms with Gasteiger partial charge in [0, 0.05) is 60.3 Å². The van der Waals surface area contributed by atoms with Crippen LogP contribution in [0.25, 0.3) is 10.1 Å². The minimum Gasteiger partial charge on any atom is -0.436 e. The van der Waals surface area contributed by atoms with Gasteiger partial charge in [0.1, 0.15) is 9.97 Å². The second kappa shape index (κ2) is 10.6. The molecule has 2 aromatic heterocycles. The summed E-state index contributed by atoms with van der Waals surface area (Å²) >= 11 is 7.22. The van der Waals surface area contributed by atoms with Gasteiger partial charge < -0.3 is 9.32 Å². The van der Waals surface area contributed by atoms with E-state index < -0.39 is 22.0 Å². The largest absolute Gasteiger partial charge is 0.436 e. The lowest BCUT2D eigenvalue weighted by Crippen LogP contribution is -2.56. The highest BCUT2D eigenvalue weighted by Gasteiger charge is 2.39. The summed E-state index contributed by atoms with van der Waals surface area (Å²) in [7, 11) is -2.01. The Hall–Kier alpha value is -3.00. The quantitative estimate of drug-likeness (QED) is 0.438. The van der Waals surface area contributed by atoms with Crippen LogP contribution in [-0.4, -0.2) is 72.7 Å². The van der Waals surface area contributed by atoms with Crippen molar-refractivity contribution in [2.45, 2.75) is 42.5 Å². The molecular formula is C25H25ClN6O4S2. The van der Waals surface area contributed by atoms with Crippen molar-refractivity contribution in [2.24, 2.45) is 0 Å². The van der Waals surface area contributed by atoms with E-state index in [2.05, 4.69) is 22.0 Å². The molecule has 5 rings (SSSR count). The molecule has 1 saturated heterocycles. The van der Waals surface area contributed by atoms with Crippen LogP contribution in [-0.2, 0) is 29.4 Å². The first-order chi connectivity index (χ1) is 18.2. The van der Waals surface area contributed by atoms with E-state index in [0.29, 0.717) is 45.8 Å². The molecule has 3 aromatic rings. The number of aromatic nitrogens is 1. The topological polar surface area (TPSA) is 135 Å². The molecule has 1 fully saturated rings. The van der Waals surface area contributed by atoms with Crippen molar-refractivity contribution in [3.05, 3.63) is 46.1 Å². The first-order valence-electron chi connectivity index (χ1n) is 12.2. The number of nitrogens with zero attached hydrogens (tertiary/aromatic N) is 6. The summed E-state index contributed by atoms with van der Waals surface area (Å²) in [5.74, 6) is 0.275. The molecule has 1 amide bonds. The second-order valence-corrected chi connectivity index (χ2v) is 13.1. The minimum atomic E-state index is -3.98. The maximum Gasteiger partial charge on any atom is 0.310 e. The van der Waals surface area contributed by atoms with Crippen LogP contribution in [0.2, 0.25) is 5.02 Å². The van der Waals surface area contributed by atoms with E-state index >= 15 is 0 Å². The number of fused-ring (bicyclic) bond motifs is 2. The molecule has 38 heavy (non-hydrogen) atoms. The predicted molar refractivity (Wildman–Crippen MR) is 141 cm³/mol. The van der Waals surface area contributed by atoms with Crippen LogP contribution in [0.4, 0.5) is 0 Å². The van der Waals surface area contributed by atoms with Gasteiger partial charge in [0.05, 0.1) is 30.8 Å². The third-order valence-electron chi connectivity index (χ3n) is 6.95. The van der Waals surface area contributed by atoms with Crippen LogP contribution in [0.5, 0.6) is 0 Å². The van der Waals surface area contributed by atoms with Crippen LogP contribution in [0, 0.1) is 22.7 Å². The van der Waals surface area contributed by atoms with E-state index in [4.69, 9.17) is 16.0 Å². The van der Waals surface area contributed by atoms with Gasteiger partial charge in [-0.3, -0.25) is 9.69 Å². The number of thiophene rings is 1. The number of piperazine rings is 1. The van der Waals surface area contributed by atoms with Crippen molar-refractivity contribution in [1.29, 1.82) is 10.5 Å². The summed E-state index contributed by atoms with van der Waals surface area (Å²) in [5.41, 5.74) is 1.22. The van der Waals surface area contributed by atoms with Crippen molar-refractivity contribution >= 4 is 49.0 Å². The van der Waals surface area contributed by atoms with Gasteiger partial charge >= 0.3 is 5.91 Å². The molecule has 1 atom stereocenters. The molecule has 1 aromatic carbocycles. The maximum atomic E-state index is 13.9. The Morgan fingerprint density at radius 2 is 2.08 bits per heavy atom. The molecule has 10 nitrogen and oxygen atoms in total. The maximum absolute atomic E-state index is 13.9. The predicted octanol–water partition coefficient (Wildman–Crippen LogP) is 3.42. The molecule has 13 heteroatoms. The van der Waals surface area contributed by atoms with Gasteiger partial charge in [-0.15, -0.1) is 11.3 Å². The summed E-state index contributed by atoms with van der Waals surface area (Å²) in [6.45, 7) is 1.63. The van der Waals surface area contributed by atoms with Crippen molar-refractivity contribution in [3.8, 4) is 12.1 Å². The van der Waals surface area contributed by atoms with E-state index in [1.54, 1.807) is 23.1 Å². The van der Waals surface area contributed by atoms with Crippen LogP contribution in [0.1, 0.15) is 40.5 Å². The lowest BCUT2D eigenvalue weighted by molar-refractivity contribution is 0.0511. The number of nitriles is 2. The molecule has 1 unspecified atom stereocenters. The Morgan fingerprint density at radius 3 is 2.84 bits per heavy atom. The molecule has 0 radical (unpaired) electrons. The molecule has 0 bridgehead atoms. The van der Waals surface area contributed by atoms with Gasteiger partial charge in [-0.05, 0) is 31.0 Å². The Labute approximate surface area is 229 Å². The van der Waals surface area contributed by atoms with Gasteiger partial charge in [0.2, 0.25) is 0 Å². The van der Waals surface area contributed by atoms with Gasteiger partial charge in [-0.1, -0.05) is 17.7 Å². The zero-order valence-corrected chi connectivity index (χ0v) is 23.1. The number of halogens is 1. The summed E-state index contributed by atoms with van der Waals surface area (Å²) < 4.78 is 35.7. The van der Waals surface area contributed by atoms with Crippen LogP contribution < -0.4 is 0 Å². The van der Waals surface area contributed by atoms with Gasteiger partial charge in [0.25, 0.3) is 15.9 Å². The molecule has 2 aliphatic rings. The highest BCUT2D eigenvalue weighted by atomic mass is 35.5. The molecule has 0 aliphatic carbocycles. The minimum absolute atomic E-state index is 0.00116. The Balaban J connectivity index is 1.43. The SMILES string of the molecule is CN1CCc2nc(C(=O)N3CCN(S(=O)(=O)c4sc5cc(Cl)ccc5c4CC#N)CC3CCC#N)oc2C1. The number of carbonyl (C=O) groups is 1. The van der Waals surface area contributed by atoms with Crippen molar-refractivity contribution in [2.75, 3.05) is 33.2 Å². The number of benzene rings is 1. The van der Waals surface area contributed by atoms with E-state index in [1.807, 2.05) is 7.05 Å². The Bertz CT molecular complexity index is 1590. The Kier molecular flexibility index (Phi) is 7.45. The summed E-state index contributed by atoms with van der Waals surface area (Å²) in [6.07, 6.45) is 1.11. The number of amides is 1. The zero-order valence-electron chi connectivity index (χ0n) is 20.7. The molecule has 2 aliphatic heterocycles. The van der Waals surface area contributed by atoms with E-state index in [1.165, 1.54) is 4.31 Å². The fourth-order valence-electron chi connectivity index (χ4n) is 5.00. The van der Waals surface area contributed by atoms with Gasteiger partial charge in [-0.25, -0.2) is 13.4 Å². The molecule has 4 heterocycles. The monoisotopic (exact) mass is 572 g/mol. The smallest absolute Gasteiger partial charge is 0.310 e. The average molecular weight is 573 g/mol. The lowest BCUT2D eigenvalue weighted by Gasteiger charge is -2.40. The summed E-state index contributed by atoms with van der Waals surface area (Å²) in [6, 6.07) is 8.75. The first-order valence-corrected chi connectivity index (χ1v) is 14.8. The summed E-state index contributed by atoms with van der Waals surface area (Å²) in [4.78, 5) is 21.5. The molecule has 0 spiro atoms. The number of carbonyl (C=O) groups excluding carboxylic acids is 1. The van der Waals surface area contributed by atoms with Crippen molar-refractivity contribution in [1.82, 2.24) is 19.1 Å². The summed E-state index contributed by atoms with van der Waals surface area (Å²) in [5, 5.41) is 19.8. The molecular weight excluding hydrogens is 548 g/mol. The number of rotatable bonds is 6. The third-order valence-corrected chi connectivity index (χ3v) is 10.8. The number of oxazole rings is 1. The highest BCUT2D eigenvalue weighted by molar-refractivity contribution is 7.91. The average Bonchev–Trinajstić information content (AvgIpc) is 3.48. The van der Waals surface area contributed by atoms with Crippen LogP contribution in [0.15, 0.2) is 26.8 Å². The number of sulfonamides is 1. The standard InChI is InChI=1S/C25H25ClN6O4S2/c1-30-10-7-20-21(15-30)36-23(29-20)24(33)32-12-11-31(14-17(32)3-2-8-27)38(34,35)25-19(6-9-28)18-5-4-16(26)13-22(18)37-25/h4-5,13,17H,2-3,6-7,10-12,14-15H2,1H3. The molecule has 0 N–H and O–H groups in total. The highest BCUT2D eigenvalue weighted by Crippen LogP contribution is 2.38. The van der Waals surface area contributed by atoms with Crippen LogP contribution >= 0.6 is 22.9 Å². The number of hydrogen-bond donors (Lipinski definition) is 0. The molecule has 0 saturated carbocycles. The fraction of sp³-hybridized carbons (Fsp3) is 0.440. The third kappa shape index (κ3) is 4.91. The number of hydrogen-bond acceptors (Lipinski definition) is 9. The van der Waals surface area contributed by atoms with Crippen molar-refractivity contribution < 1.29 is 17.6 Å². The van der Waals surface area contributed by atoms with E-state index in [-0.39, 0.29) is 42.6 Å². The lowest BCUT2D eigenvalue weighted by atomic mass is 10.1. The van der Waals surface area contributed by atoms with Crippen molar-refractivity contribution in [3.63, 3.8) is 0 Å². The number of likely N-dealkylation sites (N-methyl/N-ethyl adjacent to an activating group) is 1. The van der Waals surface area contributed by atoms with E-state index in [9.17, 15) is 23.7 Å².